The number of carbonyl (C=O) groups is 1. The summed E-state index contributed by atoms with van der Waals surface area (Å²) in [5.41, 5.74) is -5.58. The van der Waals surface area contributed by atoms with E-state index in [2.05, 4.69) is 15.5 Å². The van der Waals surface area contributed by atoms with Crippen LogP contribution in [-0.4, -0.2) is 27.4 Å². The number of benzene rings is 1. The number of aromatic amines is 1. The number of rotatable bonds is 3. The second-order valence-corrected chi connectivity index (χ2v) is 6.23. The van der Waals surface area contributed by atoms with E-state index in [9.17, 15) is 36.2 Å². The smallest absolute Gasteiger partial charge is 0.422 e. The Hall–Kier alpha value is -2.76. The molecule has 0 saturated heterocycles. The number of ether oxygens (including phenoxy) is 1. The van der Waals surface area contributed by atoms with Crippen LogP contribution >= 0.6 is 0 Å². The number of aliphatic hydroxyl groups is 1. The molecule has 0 spiro atoms. The van der Waals surface area contributed by atoms with E-state index in [1.54, 1.807) is 0 Å². The van der Waals surface area contributed by atoms with Gasteiger partial charge in [-0.3, -0.25) is 9.89 Å². The molecule has 28 heavy (non-hydrogen) atoms. The van der Waals surface area contributed by atoms with E-state index in [1.807, 2.05) is 0 Å². The maximum absolute atomic E-state index is 13.5. The molecule has 1 aliphatic rings. The molecule has 12 heteroatoms. The molecule has 1 amide bonds. The van der Waals surface area contributed by atoms with Crippen LogP contribution in [0.5, 0.6) is 5.75 Å². The normalized spacial score (nSPS) is 21.1. The lowest BCUT2D eigenvalue weighted by Crippen LogP contribution is -2.48. The lowest BCUT2D eigenvalue weighted by atomic mass is 9.85. The minimum absolute atomic E-state index is 0.249. The molecule has 0 radical (unpaired) electrons. The second-order valence-electron chi connectivity index (χ2n) is 6.23. The van der Waals surface area contributed by atoms with Crippen LogP contribution in [-0.2, 0) is 16.6 Å². The molecule has 0 bridgehead atoms. The van der Waals surface area contributed by atoms with E-state index in [-0.39, 0.29) is 11.4 Å². The van der Waals surface area contributed by atoms with Crippen LogP contribution in [0, 0.1) is 0 Å². The fraction of sp³-hybridized carbons (Fsp3) is 0.375. The van der Waals surface area contributed by atoms with Gasteiger partial charge in [0.05, 0.1) is 23.2 Å². The van der Waals surface area contributed by atoms with E-state index in [1.165, 1.54) is 13.0 Å². The summed E-state index contributed by atoms with van der Waals surface area (Å²) in [6.07, 6.45) is -12.4. The molecular weight excluding hydrogens is 396 g/mol. The first-order valence-electron chi connectivity index (χ1n) is 7.84. The van der Waals surface area contributed by atoms with Crippen LogP contribution in [0.3, 0.4) is 0 Å². The van der Waals surface area contributed by atoms with Gasteiger partial charge in [-0.15, -0.1) is 0 Å². The van der Waals surface area contributed by atoms with E-state index >= 15 is 0 Å². The summed E-state index contributed by atoms with van der Waals surface area (Å²) in [6, 6.07) is 3.79. The van der Waals surface area contributed by atoms with Crippen molar-refractivity contribution in [2.45, 2.75) is 37.4 Å². The van der Waals surface area contributed by atoms with Crippen LogP contribution in [0.15, 0.2) is 24.3 Å². The number of hydrogen-bond donors (Lipinski definition) is 3. The summed E-state index contributed by atoms with van der Waals surface area (Å²) in [5, 5.41) is 18.1. The summed E-state index contributed by atoms with van der Waals surface area (Å²) >= 11 is 0. The lowest BCUT2D eigenvalue weighted by molar-refractivity contribution is -0.267. The number of hydrogen-bond acceptors (Lipinski definition) is 4. The molecule has 152 valence electrons. The molecule has 6 nitrogen and oxygen atoms in total. The van der Waals surface area contributed by atoms with Crippen molar-refractivity contribution in [3.05, 3.63) is 41.1 Å². The highest BCUT2D eigenvalue weighted by atomic mass is 19.4. The number of halogens is 6. The van der Waals surface area contributed by atoms with Crippen molar-refractivity contribution >= 4 is 11.7 Å². The quantitative estimate of drug-likeness (QED) is 0.676. The Morgan fingerprint density at radius 1 is 1.25 bits per heavy atom. The first-order valence-corrected chi connectivity index (χ1v) is 7.84. The number of aromatic nitrogens is 2. The third kappa shape index (κ3) is 3.39. The molecule has 3 rings (SSSR count). The van der Waals surface area contributed by atoms with Crippen LogP contribution in [0.2, 0.25) is 0 Å². The minimum Gasteiger partial charge on any atom is -0.484 e. The van der Waals surface area contributed by atoms with E-state index < -0.39 is 53.3 Å². The molecule has 0 fully saturated rings. The predicted molar refractivity (Wildman–Crippen MR) is 82.3 cm³/mol. The van der Waals surface area contributed by atoms with Crippen molar-refractivity contribution in [3.8, 4) is 5.75 Å². The predicted octanol–water partition coefficient (Wildman–Crippen LogP) is 3.66. The van der Waals surface area contributed by atoms with Crippen LogP contribution in [0.4, 0.5) is 32.2 Å². The van der Waals surface area contributed by atoms with Crippen molar-refractivity contribution in [2.24, 2.45) is 0 Å². The molecule has 1 aromatic carbocycles. The van der Waals surface area contributed by atoms with Gasteiger partial charge >= 0.3 is 12.4 Å². The number of fused-ring (bicyclic) bond motifs is 1. The molecule has 2 heterocycles. The van der Waals surface area contributed by atoms with Gasteiger partial charge in [0.25, 0.3) is 0 Å². The van der Waals surface area contributed by atoms with Crippen molar-refractivity contribution in [1.82, 2.24) is 10.2 Å². The summed E-state index contributed by atoms with van der Waals surface area (Å²) < 4.78 is 84.2. The van der Waals surface area contributed by atoms with Crippen molar-refractivity contribution < 1.29 is 41.0 Å². The topological polar surface area (TPSA) is 87.2 Å². The zero-order valence-corrected chi connectivity index (χ0v) is 14.1. The standard InChI is InChI=1S/C16H13F6N3O3/c1-7(28-9-4-2-3-8(5-9)15(17,18)19)12-11-13(25-24-12)23-10(26)6-14(11,27)16(20,21)22/h2-5,7,27H,6H2,1H3,(H2,23,24,25,26). The van der Waals surface area contributed by atoms with Crippen molar-refractivity contribution in [3.63, 3.8) is 0 Å². The molecule has 3 N–H and O–H groups in total. The van der Waals surface area contributed by atoms with E-state index in [4.69, 9.17) is 4.74 Å². The van der Waals surface area contributed by atoms with Gasteiger partial charge in [-0.1, -0.05) is 6.07 Å². The summed E-state index contributed by atoms with van der Waals surface area (Å²) in [7, 11) is 0. The number of H-pyrrole nitrogens is 1. The highest BCUT2D eigenvalue weighted by Gasteiger charge is 2.61. The molecule has 2 unspecified atom stereocenters. The number of carbonyl (C=O) groups excluding carboxylic acids is 1. The number of anilines is 1. The van der Waals surface area contributed by atoms with Crippen molar-refractivity contribution in [1.29, 1.82) is 0 Å². The molecular formula is C16H13F6N3O3. The Kier molecular flexibility index (Phi) is 4.57. The Morgan fingerprint density at radius 2 is 1.93 bits per heavy atom. The Morgan fingerprint density at radius 3 is 2.54 bits per heavy atom. The third-order valence-corrected chi connectivity index (χ3v) is 4.23. The fourth-order valence-electron chi connectivity index (χ4n) is 2.91. The first-order chi connectivity index (χ1) is 12.8. The van der Waals surface area contributed by atoms with Gasteiger partial charge in [0.15, 0.2) is 11.4 Å². The minimum atomic E-state index is -5.20. The Balaban J connectivity index is 1.97. The van der Waals surface area contributed by atoms with Gasteiger partial charge in [0.1, 0.15) is 11.9 Å². The van der Waals surface area contributed by atoms with Crippen molar-refractivity contribution in [2.75, 3.05) is 5.32 Å². The van der Waals surface area contributed by atoms with E-state index in [0.717, 1.165) is 12.1 Å². The zero-order chi connectivity index (χ0) is 20.9. The maximum atomic E-state index is 13.5. The Labute approximate surface area is 153 Å². The van der Waals surface area contributed by atoms with Gasteiger partial charge < -0.3 is 15.2 Å². The molecule has 0 aliphatic carbocycles. The largest absolute Gasteiger partial charge is 0.484 e. The third-order valence-electron chi connectivity index (χ3n) is 4.23. The first kappa shape index (κ1) is 20.0. The Bertz CT molecular complexity index is 908. The molecule has 1 aromatic heterocycles. The average molecular weight is 409 g/mol. The molecule has 1 aliphatic heterocycles. The summed E-state index contributed by atoms with van der Waals surface area (Å²) in [6.45, 7) is 1.27. The highest BCUT2D eigenvalue weighted by Crippen LogP contribution is 2.49. The number of nitrogens with one attached hydrogen (secondary N) is 2. The zero-order valence-electron chi connectivity index (χ0n) is 14.1. The highest BCUT2D eigenvalue weighted by molar-refractivity contribution is 5.94. The van der Waals surface area contributed by atoms with Gasteiger partial charge in [0.2, 0.25) is 5.91 Å². The van der Waals surface area contributed by atoms with Crippen LogP contribution in [0.1, 0.15) is 36.3 Å². The second kappa shape index (κ2) is 6.40. The van der Waals surface area contributed by atoms with Gasteiger partial charge in [-0.25, -0.2) is 0 Å². The number of alkyl halides is 6. The lowest BCUT2D eigenvalue weighted by Gasteiger charge is -2.34. The monoisotopic (exact) mass is 409 g/mol. The van der Waals surface area contributed by atoms with Gasteiger partial charge in [-0.2, -0.15) is 31.4 Å². The van der Waals surface area contributed by atoms with Crippen LogP contribution < -0.4 is 10.1 Å². The molecule has 2 aromatic rings. The molecule has 2 atom stereocenters. The molecule has 0 saturated carbocycles. The summed E-state index contributed by atoms with van der Waals surface area (Å²) in [5.74, 6) is -1.86. The van der Waals surface area contributed by atoms with Gasteiger partial charge in [0, 0.05) is 0 Å². The number of nitrogens with zero attached hydrogens (tertiary/aromatic N) is 1. The van der Waals surface area contributed by atoms with Gasteiger partial charge in [-0.05, 0) is 25.1 Å². The summed E-state index contributed by atoms with van der Waals surface area (Å²) in [4.78, 5) is 11.5. The number of amides is 1. The van der Waals surface area contributed by atoms with E-state index in [0.29, 0.717) is 6.07 Å². The fourth-order valence-corrected chi connectivity index (χ4v) is 2.91. The SMILES string of the molecule is CC(Oc1cccc(C(F)(F)F)c1)c1[nH]nc2c1C(O)(C(F)(F)F)CC(=O)N2. The van der Waals surface area contributed by atoms with Crippen LogP contribution in [0.25, 0.3) is 0 Å². The maximum Gasteiger partial charge on any atom is 0.422 e. The average Bonchev–Trinajstić information content (AvgIpc) is 2.97.